The van der Waals surface area contributed by atoms with E-state index >= 15 is 0 Å². The third kappa shape index (κ3) is 3.08. The van der Waals surface area contributed by atoms with E-state index in [0.717, 1.165) is 5.82 Å². The summed E-state index contributed by atoms with van der Waals surface area (Å²) >= 11 is 5.87. The number of hydrogen-bond donors (Lipinski definition) is 1. The van der Waals surface area contributed by atoms with E-state index in [1.807, 2.05) is 4.90 Å². The molecule has 0 amide bonds. The largest absolute Gasteiger partial charge is 0.392 e. The van der Waals surface area contributed by atoms with Crippen LogP contribution in [0, 0.1) is 0 Å². The standard InChI is InChI=1S/C12H15ClN2O/c1-3-5-15(6-4-2)12-7-10(9-16)11(13)8-14-12/h3-4,7-8,16H,1-2,5-6,9H2. The Bertz CT molecular complexity index is 369. The average Bonchev–Trinajstić information content (AvgIpc) is 2.29. The van der Waals surface area contributed by atoms with Crippen LogP contribution in [0.3, 0.4) is 0 Å². The van der Waals surface area contributed by atoms with Crippen molar-refractivity contribution in [1.29, 1.82) is 0 Å². The zero-order valence-electron chi connectivity index (χ0n) is 9.06. The van der Waals surface area contributed by atoms with E-state index in [-0.39, 0.29) is 6.61 Å². The van der Waals surface area contributed by atoms with Crippen molar-refractivity contribution in [3.05, 3.63) is 48.2 Å². The number of aliphatic hydroxyl groups excluding tert-OH is 1. The van der Waals surface area contributed by atoms with Gasteiger partial charge >= 0.3 is 0 Å². The molecular weight excluding hydrogens is 224 g/mol. The molecule has 0 aliphatic rings. The van der Waals surface area contributed by atoms with Gasteiger partial charge in [-0.15, -0.1) is 13.2 Å². The number of pyridine rings is 1. The minimum absolute atomic E-state index is 0.0929. The molecule has 86 valence electrons. The summed E-state index contributed by atoms with van der Waals surface area (Å²) in [6, 6.07) is 1.77. The van der Waals surface area contributed by atoms with Gasteiger partial charge in [-0.25, -0.2) is 4.98 Å². The smallest absolute Gasteiger partial charge is 0.129 e. The Morgan fingerprint density at radius 1 is 1.38 bits per heavy atom. The van der Waals surface area contributed by atoms with E-state index in [1.165, 1.54) is 0 Å². The Labute approximate surface area is 101 Å². The molecule has 0 aromatic carbocycles. The Morgan fingerprint density at radius 2 is 2.00 bits per heavy atom. The van der Waals surface area contributed by atoms with Crippen molar-refractivity contribution in [2.75, 3.05) is 18.0 Å². The Hall–Kier alpha value is -1.32. The zero-order valence-corrected chi connectivity index (χ0v) is 9.82. The Balaban J connectivity index is 2.99. The monoisotopic (exact) mass is 238 g/mol. The van der Waals surface area contributed by atoms with E-state index in [2.05, 4.69) is 18.1 Å². The highest BCUT2D eigenvalue weighted by atomic mass is 35.5. The van der Waals surface area contributed by atoms with Crippen LogP contribution in [0.2, 0.25) is 5.02 Å². The molecular formula is C12H15ClN2O. The van der Waals surface area contributed by atoms with E-state index in [0.29, 0.717) is 23.7 Å². The first-order chi connectivity index (χ1) is 7.72. The number of halogens is 1. The number of aromatic nitrogens is 1. The van der Waals surface area contributed by atoms with Crippen LogP contribution in [0.25, 0.3) is 0 Å². The maximum absolute atomic E-state index is 9.11. The van der Waals surface area contributed by atoms with Crippen LogP contribution in [0.5, 0.6) is 0 Å². The van der Waals surface area contributed by atoms with Gasteiger partial charge in [-0.1, -0.05) is 23.8 Å². The van der Waals surface area contributed by atoms with E-state index in [9.17, 15) is 0 Å². The molecule has 16 heavy (non-hydrogen) atoms. The summed E-state index contributed by atoms with van der Waals surface area (Å²) in [4.78, 5) is 6.19. The van der Waals surface area contributed by atoms with E-state index < -0.39 is 0 Å². The maximum atomic E-state index is 9.11. The molecule has 0 radical (unpaired) electrons. The van der Waals surface area contributed by atoms with Gasteiger partial charge in [0.15, 0.2) is 0 Å². The lowest BCUT2D eigenvalue weighted by molar-refractivity contribution is 0.282. The van der Waals surface area contributed by atoms with Gasteiger partial charge in [-0.3, -0.25) is 0 Å². The topological polar surface area (TPSA) is 36.4 Å². The third-order valence-electron chi connectivity index (χ3n) is 2.11. The van der Waals surface area contributed by atoms with E-state index in [1.54, 1.807) is 24.4 Å². The van der Waals surface area contributed by atoms with Gasteiger partial charge in [0.25, 0.3) is 0 Å². The highest BCUT2D eigenvalue weighted by molar-refractivity contribution is 6.31. The number of aliphatic hydroxyl groups is 1. The number of rotatable bonds is 6. The summed E-state index contributed by atoms with van der Waals surface area (Å²) in [5, 5.41) is 9.59. The average molecular weight is 239 g/mol. The SMILES string of the molecule is C=CCN(CC=C)c1cc(CO)c(Cl)cn1. The van der Waals surface area contributed by atoms with Gasteiger partial charge < -0.3 is 10.0 Å². The second-order valence-electron chi connectivity index (χ2n) is 3.27. The van der Waals surface area contributed by atoms with Crippen molar-refractivity contribution < 1.29 is 5.11 Å². The lowest BCUT2D eigenvalue weighted by Crippen LogP contribution is -2.24. The first-order valence-corrected chi connectivity index (χ1v) is 5.32. The Morgan fingerprint density at radius 3 is 2.50 bits per heavy atom. The van der Waals surface area contributed by atoms with Gasteiger partial charge in [0.1, 0.15) is 5.82 Å². The zero-order chi connectivity index (χ0) is 12.0. The molecule has 1 rings (SSSR count). The second-order valence-corrected chi connectivity index (χ2v) is 3.68. The van der Waals surface area contributed by atoms with Crippen molar-refractivity contribution in [3.8, 4) is 0 Å². The molecule has 3 nitrogen and oxygen atoms in total. The Kier molecular flexibility index (Phi) is 5.02. The van der Waals surface area contributed by atoms with Crippen LogP contribution in [-0.2, 0) is 6.61 Å². The molecule has 1 heterocycles. The molecule has 0 saturated heterocycles. The molecule has 0 aliphatic heterocycles. The third-order valence-corrected chi connectivity index (χ3v) is 2.45. The van der Waals surface area contributed by atoms with E-state index in [4.69, 9.17) is 16.7 Å². The summed E-state index contributed by atoms with van der Waals surface area (Å²) in [6.07, 6.45) is 5.12. The molecule has 1 aromatic heterocycles. The fraction of sp³-hybridized carbons (Fsp3) is 0.250. The van der Waals surface area contributed by atoms with Crippen LogP contribution in [-0.4, -0.2) is 23.2 Å². The van der Waals surface area contributed by atoms with Crippen LogP contribution in [0.15, 0.2) is 37.6 Å². The van der Waals surface area contributed by atoms with Gasteiger partial charge in [-0.05, 0) is 6.07 Å². The van der Waals surface area contributed by atoms with Crippen molar-refractivity contribution >= 4 is 17.4 Å². The van der Waals surface area contributed by atoms with Crippen LogP contribution < -0.4 is 4.90 Å². The first kappa shape index (κ1) is 12.7. The molecule has 0 unspecified atom stereocenters. The second kappa shape index (κ2) is 6.30. The van der Waals surface area contributed by atoms with Crippen molar-refractivity contribution in [2.45, 2.75) is 6.61 Å². The lowest BCUT2D eigenvalue weighted by atomic mass is 10.2. The van der Waals surface area contributed by atoms with Crippen molar-refractivity contribution in [3.63, 3.8) is 0 Å². The van der Waals surface area contributed by atoms with Gasteiger partial charge in [0.05, 0.1) is 11.6 Å². The summed E-state index contributed by atoms with van der Waals surface area (Å²) < 4.78 is 0. The fourth-order valence-electron chi connectivity index (χ4n) is 1.34. The molecule has 1 N–H and O–H groups in total. The molecule has 0 aliphatic carbocycles. The minimum atomic E-state index is -0.0929. The minimum Gasteiger partial charge on any atom is -0.392 e. The molecule has 0 atom stereocenters. The molecule has 0 spiro atoms. The molecule has 0 fully saturated rings. The van der Waals surface area contributed by atoms with Gasteiger partial charge in [-0.2, -0.15) is 0 Å². The van der Waals surface area contributed by atoms with Crippen LogP contribution in [0.1, 0.15) is 5.56 Å². The number of anilines is 1. The molecule has 1 aromatic rings. The predicted molar refractivity (Wildman–Crippen MR) is 67.8 cm³/mol. The van der Waals surface area contributed by atoms with Gasteiger partial charge in [0, 0.05) is 24.8 Å². The quantitative estimate of drug-likeness (QED) is 0.774. The van der Waals surface area contributed by atoms with Crippen LogP contribution in [0.4, 0.5) is 5.82 Å². The normalized spacial score (nSPS) is 9.88. The molecule has 0 saturated carbocycles. The highest BCUT2D eigenvalue weighted by Gasteiger charge is 2.07. The highest BCUT2D eigenvalue weighted by Crippen LogP contribution is 2.20. The summed E-state index contributed by atoms with van der Waals surface area (Å²) in [5.41, 5.74) is 0.671. The fourth-order valence-corrected chi connectivity index (χ4v) is 1.50. The maximum Gasteiger partial charge on any atom is 0.129 e. The predicted octanol–water partition coefficient (Wildman–Crippen LogP) is 2.41. The van der Waals surface area contributed by atoms with Crippen molar-refractivity contribution in [2.24, 2.45) is 0 Å². The van der Waals surface area contributed by atoms with Crippen LogP contribution >= 0.6 is 11.6 Å². The summed E-state index contributed by atoms with van der Waals surface area (Å²) in [5.74, 6) is 0.758. The number of hydrogen-bond acceptors (Lipinski definition) is 3. The lowest BCUT2D eigenvalue weighted by Gasteiger charge is -2.20. The molecule has 0 bridgehead atoms. The summed E-state index contributed by atoms with van der Waals surface area (Å²) in [6.45, 7) is 8.63. The first-order valence-electron chi connectivity index (χ1n) is 4.95. The van der Waals surface area contributed by atoms with Gasteiger partial charge in [0.2, 0.25) is 0 Å². The van der Waals surface area contributed by atoms with Crippen molar-refractivity contribution in [1.82, 2.24) is 4.98 Å². The molecule has 4 heteroatoms. The number of nitrogens with zero attached hydrogens (tertiary/aromatic N) is 2. The summed E-state index contributed by atoms with van der Waals surface area (Å²) in [7, 11) is 0.